The fourth-order valence-corrected chi connectivity index (χ4v) is 1.51. The van der Waals surface area contributed by atoms with Gasteiger partial charge in [-0.05, 0) is 19.1 Å². The smallest absolute Gasteiger partial charge is 0.313 e. The normalized spacial score (nSPS) is 14.2. The van der Waals surface area contributed by atoms with Gasteiger partial charge in [0.1, 0.15) is 0 Å². The van der Waals surface area contributed by atoms with Gasteiger partial charge in [0.05, 0.1) is 5.75 Å². The molecule has 0 amide bonds. The van der Waals surface area contributed by atoms with Crippen molar-refractivity contribution in [2.45, 2.75) is 26.2 Å². The number of rotatable bonds is 6. The third kappa shape index (κ3) is 6.81. The molecule has 0 saturated heterocycles. The molecular weight excluding hydrogens is 198 g/mol. The topological polar surface area (TPSA) is 37.3 Å². The first-order chi connectivity index (χ1) is 5.84. The second-order valence-electron chi connectivity index (χ2n) is 3.09. The molecule has 0 rings (SSSR count). The predicted octanol–water partition coefficient (Wildman–Crippen LogP) is 2.49. The summed E-state index contributed by atoms with van der Waals surface area (Å²) in [7, 11) is 0. The number of carboxylic acid groups (broad SMARTS) is 1. The number of carbonyl (C=O) groups is 1. The summed E-state index contributed by atoms with van der Waals surface area (Å²) in [6, 6.07) is 0. The van der Waals surface area contributed by atoms with Gasteiger partial charge in [-0.1, -0.05) is 6.92 Å². The van der Waals surface area contributed by atoms with Crippen LogP contribution in [0.2, 0.25) is 0 Å². The lowest BCUT2D eigenvalue weighted by atomic mass is 10.0. The molecule has 0 aromatic carbocycles. The molecule has 0 saturated carbocycles. The van der Waals surface area contributed by atoms with E-state index in [1.165, 1.54) is 18.7 Å². The molecule has 78 valence electrons. The van der Waals surface area contributed by atoms with Gasteiger partial charge in [0.25, 0.3) is 0 Å². The van der Waals surface area contributed by atoms with E-state index in [2.05, 4.69) is 0 Å². The Morgan fingerprint density at radius 3 is 2.54 bits per heavy atom. The maximum atomic E-state index is 12.6. The van der Waals surface area contributed by atoms with E-state index in [1.807, 2.05) is 0 Å². The van der Waals surface area contributed by atoms with Crippen molar-refractivity contribution in [3.05, 3.63) is 0 Å². The third-order valence-electron chi connectivity index (χ3n) is 1.79. The Balaban J connectivity index is 3.49. The fraction of sp³-hybridized carbons (Fsp3) is 0.875. The van der Waals surface area contributed by atoms with Crippen LogP contribution in [0.15, 0.2) is 0 Å². The van der Waals surface area contributed by atoms with Gasteiger partial charge in [0.15, 0.2) is 0 Å². The zero-order valence-corrected chi connectivity index (χ0v) is 8.53. The first kappa shape index (κ1) is 12.7. The van der Waals surface area contributed by atoms with Gasteiger partial charge in [0, 0.05) is 5.92 Å². The van der Waals surface area contributed by atoms with Crippen molar-refractivity contribution in [1.82, 2.24) is 0 Å². The van der Waals surface area contributed by atoms with Gasteiger partial charge in [-0.2, -0.15) is 11.8 Å². The van der Waals surface area contributed by atoms with E-state index >= 15 is 0 Å². The number of thioether (sulfide) groups is 1. The van der Waals surface area contributed by atoms with Crippen LogP contribution in [-0.4, -0.2) is 28.5 Å². The maximum Gasteiger partial charge on any atom is 0.313 e. The molecule has 0 aliphatic heterocycles. The van der Waals surface area contributed by atoms with Gasteiger partial charge < -0.3 is 5.11 Å². The monoisotopic (exact) mass is 212 g/mol. The van der Waals surface area contributed by atoms with E-state index < -0.39 is 17.8 Å². The first-order valence-corrected chi connectivity index (χ1v) is 5.17. The Labute approximate surface area is 80.7 Å². The van der Waals surface area contributed by atoms with Crippen molar-refractivity contribution >= 4 is 17.7 Å². The van der Waals surface area contributed by atoms with Gasteiger partial charge in [0.2, 0.25) is 5.92 Å². The molecular formula is C8H14F2O2S. The Bertz CT molecular complexity index is 168. The van der Waals surface area contributed by atoms with Crippen molar-refractivity contribution in [2.75, 3.05) is 11.5 Å². The largest absolute Gasteiger partial charge is 0.481 e. The molecule has 1 N–H and O–H groups in total. The summed E-state index contributed by atoms with van der Waals surface area (Å²) in [6.07, 6.45) is 0.349. The summed E-state index contributed by atoms with van der Waals surface area (Å²) in [6.45, 7) is 2.36. The lowest BCUT2D eigenvalue weighted by molar-refractivity contribution is -0.133. The van der Waals surface area contributed by atoms with Crippen LogP contribution in [0, 0.1) is 5.92 Å². The van der Waals surface area contributed by atoms with E-state index in [9.17, 15) is 13.6 Å². The molecule has 0 fully saturated rings. The van der Waals surface area contributed by atoms with Crippen LogP contribution in [0.1, 0.15) is 20.3 Å². The molecule has 0 aliphatic rings. The average Bonchev–Trinajstić information content (AvgIpc) is 1.95. The van der Waals surface area contributed by atoms with E-state index in [0.29, 0.717) is 12.2 Å². The number of halogens is 2. The molecule has 0 aromatic heterocycles. The van der Waals surface area contributed by atoms with Gasteiger partial charge in [-0.25, -0.2) is 8.78 Å². The molecule has 2 nitrogen and oxygen atoms in total. The summed E-state index contributed by atoms with van der Waals surface area (Å²) >= 11 is 1.17. The molecule has 13 heavy (non-hydrogen) atoms. The van der Waals surface area contributed by atoms with Crippen molar-refractivity contribution in [2.24, 2.45) is 5.92 Å². The van der Waals surface area contributed by atoms with Gasteiger partial charge in [-0.15, -0.1) is 0 Å². The Hall–Kier alpha value is -0.320. The van der Waals surface area contributed by atoms with Crippen LogP contribution < -0.4 is 0 Å². The van der Waals surface area contributed by atoms with Crippen molar-refractivity contribution in [1.29, 1.82) is 0 Å². The fourth-order valence-electron chi connectivity index (χ4n) is 0.673. The van der Waals surface area contributed by atoms with Crippen molar-refractivity contribution < 1.29 is 18.7 Å². The van der Waals surface area contributed by atoms with Crippen LogP contribution in [0.25, 0.3) is 0 Å². The second kappa shape index (κ2) is 5.42. The Morgan fingerprint density at radius 2 is 2.15 bits per heavy atom. The van der Waals surface area contributed by atoms with E-state index in [0.717, 1.165) is 6.92 Å². The summed E-state index contributed by atoms with van der Waals surface area (Å²) < 4.78 is 25.2. The highest BCUT2D eigenvalue weighted by molar-refractivity contribution is 7.99. The van der Waals surface area contributed by atoms with Crippen molar-refractivity contribution in [3.8, 4) is 0 Å². The number of hydrogen-bond acceptors (Lipinski definition) is 2. The average molecular weight is 212 g/mol. The van der Waals surface area contributed by atoms with Crippen LogP contribution in [0.4, 0.5) is 8.78 Å². The molecule has 0 aromatic rings. The number of hydrogen-bond donors (Lipinski definition) is 1. The second-order valence-corrected chi connectivity index (χ2v) is 4.20. The molecule has 1 atom stereocenters. The summed E-state index contributed by atoms with van der Waals surface area (Å²) in [4.78, 5) is 10.1. The number of alkyl halides is 2. The highest BCUT2D eigenvalue weighted by atomic mass is 32.2. The van der Waals surface area contributed by atoms with E-state index in [4.69, 9.17) is 5.11 Å². The molecule has 5 heteroatoms. The van der Waals surface area contributed by atoms with Gasteiger partial charge in [-0.3, -0.25) is 4.79 Å². The third-order valence-corrected chi connectivity index (χ3v) is 2.76. The minimum Gasteiger partial charge on any atom is -0.481 e. The summed E-state index contributed by atoms with van der Waals surface area (Å²) in [5.74, 6) is -3.79. The van der Waals surface area contributed by atoms with Crippen LogP contribution in [-0.2, 0) is 4.79 Å². The van der Waals surface area contributed by atoms with Crippen LogP contribution in [0.3, 0.4) is 0 Å². The van der Waals surface area contributed by atoms with Crippen molar-refractivity contribution in [3.63, 3.8) is 0 Å². The molecule has 0 heterocycles. The van der Waals surface area contributed by atoms with Gasteiger partial charge >= 0.3 is 5.97 Å². The standard InChI is InChI=1S/C8H14F2O2S/c1-6(8(2,9)10)3-4-13-5-7(11)12/h6H,3-5H2,1-2H3,(H,11,12). The summed E-state index contributed by atoms with van der Waals surface area (Å²) in [5, 5.41) is 8.27. The Kier molecular flexibility index (Phi) is 5.29. The van der Waals surface area contributed by atoms with Crippen LogP contribution in [0.5, 0.6) is 0 Å². The molecule has 0 bridgehead atoms. The molecule has 0 radical (unpaired) electrons. The quantitative estimate of drug-likeness (QED) is 0.687. The predicted molar refractivity (Wildman–Crippen MR) is 49.4 cm³/mol. The van der Waals surface area contributed by atoms with E-state index in [-0.39, 0.29) is 5.75 Å². The Morgan fingerprint density at radius 1 is 1.62 bits per heavy atom. The molecule has 1 unspecified atom stereocenters. The maximum absolute atomic E-state index is 12.6. The zero-order chi connectivity index (χ0) is 10.5. The minimum atomic E-state index is -2.66. The lowest BCUT2D eigenvalue weighted by Crippen LogP contribution is -2.22. The zero-order valence-electron chi connectivity index (χ0n) is 7.72. The lowest BCUT2D eigenvalue weighted by Gasteiger charge is -2.18. The summed E-state index contributed by atoms with van der Waals surface area (Å²) in [5.41, 5.74) is 0. The highest BCUT2D eigenvalue weighted by Crippen LogP contribution is 2.26. The highest BCUT2D eigenvalue weighted by Gasteiger charge is 2.29. The molecule has 0 spiro atoms. The first-order valence-electron chi connectivity index (χ1n) is 4.01. The van der Waals surface area contributed by atoms with Crippen LogP contribution >= 0.6 is 11.8 Å². The minimum absolute atomic E-state index is 0.0119. The van der Waals surface area contributed by atoms with E-state index in [1.54, 1.807) is 0 Å². The molecule has 0 aliphatic carbocycles. The number of aliphatic carboxylic acids is 1. The SMILES string of the molecule is CC(CCSCC(=O)O)C(C)(F)F. The number of carboxylic acids is 1.